The number of hydrogen-bond acceptors (Lipinski definition) is 6. The number of H-pyrrole nitrogens is 1. The molecule has 74 valence electrons. The first-order valence-electron chi connectivity index (χ1n) is 2.53. The number of nitrogens with two attached hydrogens (primary N) is 2. The fourth-order valence-corrected chi connectivity index (χ4v) is 0.167. The molecule has 0 atom stereocenters. The highest BCUT2D eigenvalue weighted by Gasteiger charge is 1.58. The molecule has 0 amide bonds. The summed E-state index contributed by atoms with van der Waals surface area (Å²) >= 11 is 0. The van der Waals surface area contributed by atoms with Crippen molar-refractivity contribution in [1.29, 1.82) is 0 Å². The SMILES string of the molecule is N[N+](=O)[O-].N[N+](=O)[O-].c1nc[nH]n1. The quantitative estimate of drug-likeness (QED) is 0.242. The average molecular weight is 193 g/mol. The lowest BCUT2D eigenvalue weighted by Crippen LogP contribution is -2.04. The highest BCUT2D eigenvalue weighted by Crippen LogP contribution is 1.53. The van der Waals surface area contributed by atoms with E-state index in [4.69, 9.17) is 20.2 Å². The normalized spacial score (nSPS) is 6.77. The summed E-state index contributed by atoms with van der Waals surface area (Å²) in [4.78, 5) is 20.7. The molecule has 0 radical (unpaired) electrons. The molecule has 1 aromatic rings. The van der Waals surface area contributed by atoms with Gasteiger partial charge in [0.1, 0.15) is 12.7 Å². The van der Waals surface area contributed by atoms with Crippen LogP contribution in [0.5, 0.6) is 0 Å². The van der Waals surface area contributed by atoms with Gasteiger partial charge in [-0.05, 0) is 0 Å². The molecule has 0 fully saturated rings. The van der Waals surface area contributed by atoms with Crippen molar-refractivity contribution >= 4 is 0 Å². The maximum absolute atomic E-state index is 8.58. The van der Waals surface area contributed by atoms with Gasteiger partial charge < -0.3 is 0 Å². The summed E-state index contributed by atoms with van der Waals surface area (Å²) in [7, 11) is 0. The van der Waals surface area contributed by atoms with E-state index in [2.05, 4.69) is 26.9 Å². The lowest BCUT2D eigenvalue weighted by atomic mass is 11.3. The van der Waals surface area contributed by atoms with Gasteiger partial charge in [0.25, 0.3) is 0 Å². The van der Waals surface area contributed by atoms with Crippen molar-refractivity contribution in [3.05, 3.63) is 32.9 Å². The topological polar surface area (TPSA) is 180 Å². The molecular weight excluding hydrogens is 186 g/mol. The second-order valence-corrected chi connectivity index (χ2v) is 1.22. The Labute approximate surface area is 71.0 Å². The molecule has 0 spiro atoms. The molecular formula is C2H7N7O4. The predicted molar refractivity (Wildman–Crippen MR) is 38.7 cm³/mol. The van der Waals surface area contributed by atoms with Gasteiger partial charge in [0, 0.05) is 0 Å². The smallest absolute Gasteiger partial charge is 0.154 e. The lowest BCUT2D eigenvalue weighted by molar-refractivity contribution is -0.491. The first-order chi connectivity index (χ1) is 5.96. The van der Waals surface area contributed by atoms with Crippen molar-refractivity contribution in [3.8, 4) is 0 Å². The molecule has 0 bridgehead atoms. The number of nitrogens with zero attached hydrogens (tertiary/aromatic N) is 4. The molecule has 0 unspecified atom stereocenters. The maximum atomic E-state index is 8.58. The zero-order valence-corrected chi connectivity index (χ0v) is 6.23. The summed E-state index contributed by atoms with van der Waals surface area (Å²) in [5, 5.41) is 21.2. The van der Waals surface area contributed by atoms with Gasteiger partial charge in [0.2, 0.25) is 0 Å². The molecule has 0 saturated heterocycles. The second kappa shape index (κ2) is 9.54. The number of aromatic nitrogens is 3. The minimum atomic E-state index is -1.00. The van der Waals surface area contributed by atoms with Gasteiger partial charge >= 0.3 is 0 Å². The van der Waals surface area contributed by atoms with Crippen LogP contribution >= 0.6 is 0 Å². The fourth-order valence-electron chi connectivity index (χ4n) is 0.167. The van der Waals surface area contributed by atoms with Crippen LogP contribution in [0, 0.1) is 20.2 Å². The van der Waals surface area contributed by atoms with E-state index in [1.165, 1.54) is 12.7 Å². The number of hydrazine groups is 2. The van der Waals surface area contributed by atoms with Gasteiger partial charge in [-0.15, -0.1) is 0 Å². The summed E-state index contributed by atoms with van der Waals surface area (Å²) in [6, 6.07) is 0. The van der Waals surface area contributed by atoms with Crippen LogP contribution in [0.3, 0.4) is 0 Å². The van der Waals surface area contributed by atoms with E-state index in [0.717, 1.165) is 0 Å². The minimum absolute atomic E-state index is 1.00. The molecule has 0 aromatic carbocycles. The molecule has 0 aliphatic rings. The van der Waals surface area contributed by atoms with Crippen molar-refractivity contribution in [2.45, 2.75) is 0 Å². The van der Waals surface area contributed by atoms with Gasteiger partial charge in [0.15, 0.2) is 10.1 Å². The molecule has 11 heteroatoms. The number of nitrogens with one attached hydrogen (secondary N) is 1. The Morgan fingerprint density at radius 1 is 1.23 bits per heavy atom. The van der Waals surface area contributed by atoms with Gasteiger partial charge in [-0.3, -0.25) is 5.10 Å². The van der Waals surface area contributed by atoms with E-state index < -0.39 is 10.1 Å². The van der Waals surface area contributed by atoms with E-state index in [1.807, 2.05) is 0 Å². The molecule has 0 aliphatic carbocycles. The van der Waals surface area contributed by atoms with Crippen LogP contribution in [0.15, 0.2) is 12.7 Å². The van der Waals surface area contributed by atoms with Crippen LogP contribution in [0.2, 0.25) is 0 Å². The zero-order valence-electron chi connectivity index (χ0n) is 6.23. The Hall–Kier alpha value is -2.46. The van der Waals surface area contributed by atoms with E-state index >= 15 is 0 Å². The highest BCUT2D eigenvalue weighted by atomic mass is 16.7. The summed E-state index contributed by atoms with van der Waals surface area (Å²) in [5.74, 6) is 7.67. The lowest BCUT2D eigenvalue weighted by Gasteiger charge is -1.61. The Bertz CT molecular complexity index is 183. The molecule has 5 N–H and O–H groups in total. The first kappa shape index (κ1) is 13.2. The first-order valence-corrected chi connectivity index (χ1v) is 2.53. The molecule has 11 nitrogen and oxygen atoms in total. The standard InChI is InChI=1S/C2H3N3.2H2N2O2/c1-3-2-5-4-1;2*1-2(3)4/h1-2H,(H,3,4,5);2*1H2. The van der Waals surface area contributed by atoms with Crippen molar-refractivity contribution in [3.63, 3.8) is 0 Å². The third-order valence-electron chi connectivity index (χ3n) is 0.331. The Morgan fingerprint density at radius 3 is 1.69 bits per heavy atom. The van der Waals surface area contributed by atoms with Crippen molar-refractivity contribution in [2.75, 3.05) is 0 Å². The fraction of sp³-hybridized carbons (Fsp3) is 0. The Kier molecular flexibility index (Phi) is 9.65. The number of hydrogen-bond donors (Lipinski definition) is 3. The van der Waals surface area contributed by atoms with Crippen LogP contribution in [-0.2, 0) is 0 Å². The monoisotopic (exact) mass is 193 g/mol. The molecule has 1 rings (SSSR count). The molecule has 13 heavy (non-hydrogen) atoms. The Balaban J connectivity index is 0. The summed E-state index contributed by atoms with van der Waals surface area (Å²) in [5.41, 5.74) is 0. The zero-order chi connectivity index (χ0) is 10.7. The van der Waals surface area contributed by atoms with Crippen molar-refractivity contribution in [1.82, 2.24) is 15.2 Å². The number of aromatic amines is 1. The average Bonchev–Trinajstić information content (AvgIpc) is 2.35. The minimum Gasteiger partial charge on any atom is -0.266 e. The molecule has 1 heterocycles. The Morgan fingerprint density at radius 2 is 1.62 bits per heavy atom. The summed E-state index contributed by atoms with van der Waals surface area (Å²) < 4.78 is 0. The van der Waals surface area contributed by atoms with Crippen LogP contribution < -0.4 is 11.7 Å². The van der Waals surface area contributed by atoms with Gasteiger partial charge in [0.05, 0.1) is 0 Å². The largest absolute Gasteiger partial charge is 0.266 e. The van der Waals surface area contributed by atoms with Crippen LogP contribution in [0.1, 0.15) is 0 Å². The van der Waals surface area contributed by atoms with E-state index in [-0.39, 0.29) is 0 Å². The number of nitro groups is 2. The van der Waals surface area contributed by atoms with Gasteiger partial charge in [-0.25, -0.2) is 25.2 Å². The third-order valence-corrected chi connectivity index (χ3v) is 0.331. The summed E-state index contributed by atoms with van der Waals surface area (Å²) in [6.45, 7) is 0. The van der Waals surface area contributed by atoms with E-state index in [1.54, 1.807) is 0 Å². The van der Waals surface area contributed by atoms with Crippen LogP contribution in [-0.4, -0.2) is 25.2 Å². The van der Waals surface area contributed by atoms with Gasteiger partial charge in [-0.1, -0.05) is 0 Å². The molecule has 0 saturated carbocycles. The van der Waals surface area contributed by atoms with Crippen molar-refractivity contribution < 1.29 is 10.1 Å². The number of rotatable bonds is 0. The van der Waals surface area contributed by atoms with Crippen molar-refractivity contribution in [2.24, 2.45) is 11.7 Å². The third kappa shape index (κ3) is 84.1. The molecule has 1 aromatic heterocycles. The van der Waals surface area contributed by atoms with E-state index in [9.17, 15) is 0 Å². The van der Waals surface area contributed by atoms with Gasteiger partial charge in [-0.2, -0.15) is 16.8 Å². The van der Waals surface area contributed by atoms with Crippen LogP contribution in [0.4, 0.5) is 0 Å². The second-order valence-electron chi connectivity index (χ2n) is 1.22. The maximum Gasteiger partial charge on any atom is 0.154 e. The predicted octanol–water partition coefficient (Wildman–Crippen LogP) is -1.92. The van der Waals surface area contributed by atoms with E-state index in [0.29, 0.717) is 0 Å². The summed E-state index contributed by atoms with van der Waals surface area (Å²) in [6.07, 6.45) is 2.96. The molecule has 0 aliphatic heterocycles. The highest BCUT2D eigenvalue weighted by molar-refractivity contribution is 4.43. The van der Waals surface area contributed by atoms with Crippen LogP contribution in [0.25, 0.3) is 0 Å².